The number of nitrogens with zero attached hydrogens (tertiary/aromatic N) is 1. The van der Waals surface area contributed by atoms with E-state index < -0.39 is 0 Å². The first kappa shape index (κ1) is 21.0. The molecule has 0 bridgehead atoms. The molecule has 2 aromatic carbocycles. The second-order valence-electron chi connectivity index (χ2n) is 7.11. The Morgan fingerprint density at radius 2 is 1.89 bits per heavy atom. The third kappa shape index (κ3) is 5.40. The van der Waals surface area contributed by atoms with E-state index in [0.717, 1.165) is 47.3 Å². The first-order valence-corrected chi connectivity index (χ1v) is 10.7. The lowest BCUT2D eigenvalue weighted by Gasteiger charge is -2.23. The molecule has 0 aromatic heterocycles. The zero-order valence-electron chi connectivity index (χ0n) is 16.9. The van der Waals surface area contributed by atoms with Gasteiger partial charge in [-0.25, -0.2) is 0 Å². The van der Waals surface area contributed by atoms with Gasteiger partial charge in [0.2, 0.25) is 0 Å². The molecule has 2 aromatic rings. The molecule has 0 aliphatic carbocycles. The van der Waals surface area contributed by atoms with Crippen LogP contribution in [0.1, 0.15) is 37.8 Å². The van der Waals surface area contributed by atoms with Crippen molar-refractivity contribution in [3.05, 3.63) is 58.6 Å². The maximum atomic E-state index is 6.29. The quantitative estimate of drug-likeness (QED) is 0.613. The first-order chi connectivity index (χ1) is 13.7. The average Bonchev–Trinajstić information content (AvgIpc) is 3.16. The SMILES string of the molecule is CCOc1cccc(CNC[C@@H]2CCCN2CC)c1OCc1ccccc1Cl. The van der Waals surface area contributed by atoms with Crippen LogP contribution in [0.3, 0.4) is 0 Å². The molecule has 1 heterocycles. The number of nitrogens with one attached hydrogen (secondary N) is 1. The largest absolute Gasteiger partial charge is 0.490 e. The van der Waals surface area contributed by atoms with Crippen molar-refractivity contribution in [2.45, 2.75) is 45.9 Å². The van der Waals surface area contributed by atoms with Crippen molar-refractivity contribution in [1.29, 1.82) is 0 Å². The van der Waals surface area contributed by atoms with Gasteiger partial charge in [0.15, 0.2) is 11.5 Å². The van der Waals surface area contributed by atoms with Gasteiger partial charge in [-0.2, -0.15) is 0 Å². The fraction of sp³-hybridized carbons (Fsp3) is 0.478. The molecule has 0 radical (unpaired) electrons. The summed E-state index contributed by atoms with van der Waals surface area (Å²) >= 11 is 6.29. The number of hydrogen-bond acceptors (Lipinski definition) is 4. The van der Waals surface area contributed by atoms with Crippen LogP contribution in [0, 0.1) is 0 Å². The molecule has 1 aliphatic heterocycles. The van der Waals surface area contributed by atoms with Gasteiger partial charge in [-0.3, -0.25) is 4.90 Å². The number of halogens is 1. The summed E-state index contributed by atoms with van der Waals surface area (Å²) in [6.45, 7) is 9.35. The lowest BCUT2D eigenvalue weighted by atomic mass is 10.1. The second-order valence-corrected chi connectivity index (χ2v) is 7.52. The van der Waals surface area contributed by atoms with Crippen LogP contribution in [0.4, 0.5) is 0 Å². The van der Waals surface area contributed by atoms with Gasteiger partial charge >= 0.3 is 0 Å². The molecule has 28 heavy (non-hydrogen) atoms. The Kier molecular flexibility index (Phi) is 8.01. The molecule has 1 fully saturated rings. The average molecular weight is 403 g/mol. The Bertz CT molecular complexity index is 753. The summed E-state index contributed by atoms with van der Waals surface area (Å²) in [6.07, 6.45) is 2.57. The van der Waals surface area contributed by atoms with E-state index >= 15 is 0 Å². The molecular formula is C23H31ClN2O2. The lowest BCUT2D eigenvalue weighted by molar-refractivity contribution is 0.256. The molecule has 4 nitrogen and oxygen atoms in total. The number of rotatable bonds is 10. The highest BCUT2D eigenvalue weighted by molar-refractivity contribution is 6.31. The van der Waals surface area contributed by atoms with Gasteiger partial charge in [0.25, 0.3) is 0 Å². The normalized spacial score (nSPS) is 17.0. The number of benzene rings is 2. The number of para-hydroxylation sites is 1. The zero-order valence-corrected chi connectivity index (χ0v) is 17.7. The molecule has 0 amide bonds. The van der Waals surface area contributed by atoms with E-state index in [0.29, 0.717) is 19.3 Å². The minimum atomic E-state index is 0.420. The zero-order chi connectivity index (χ0) is 19.8. The summed E-state index contributed by atoms with van der Waals surface area (Å²) in [5, 5.41) is 4.34. The van der Waals surface area contributed by atoms with E-state index in [2.05, 4.69) is 23.2 Å². The Morgan fingerprint density at radius 3 is 2.68 bits per heavy atom. The standard InChI is InChI=1S/C23H31ClN2O2/c1-3-26-14-8-11-20(26)16-25-15-18-10-7-13-22(27-4-2)23(18)28-17-19-9-5-6-12-21(19)24/h5-7,9-10,12-13,20,25H,3-4,8,11,14-17H2,1-2H3/t20-/m0/s1. The summed E-state index contributed by atoms with van der Waals surface area (Å²) in [6, 6.07) is 14.5. The Labute approximate surface area is 173 Å². The molecule has 1 N–H and O–H groups in total. The van der Waals surface area contributed by atoms with Crippen LogP contribution in [0.5, 0.6) is 11.5 Å². The third-order valence-electron chi connectivity index (χ3n) is 5.29. The highest BCUT2D eigenvalue weighted by atomic mass is 35.5. The number of hydrogen-bond donors (Lipinski definition) is 1. The van der Waals surface area contributed by atoms with Crippen LogP contribution >= 0.6 is 11.6 Å². The molecule has 0 saturated carbocycles. The van der Waals surface area contributed by atoms with Crippen molar-refractivity contribution in [3.8, 4) is 11.5 Å². The molecule has 1 atom stereocenters. The molecule has 0 unspecified atom stereocenters. The number of likely N-dealkylation sites (N-methyl/N-ethyl adjacent to an activating group) is 1. The van der Waals surface area contributed by atoms with Gasteiger partial charge in [-0.1, -0.05) is 48.9 Å². The van der Waals surface area contributed by atoms with Gasteiger partial charge in [-0.15, -0.1) is 0 Å². The monoisotopic (exact) mass is 402 g/mol. The van der Waals surface area contributed by atoms with E-state index in [4.69, 9.17) is 21.1 Å². The molecule has 3 rings (SSSR count). The maximum Gasteiger partial charge on any atom is 0.166 e. The molecule has 152 valence electrons. The van der Waals surface area contributed by atoms with Crippen molar-refractivity contribution >= 4 is 11.6 Å². The van der Waals surface area contributed by atoms with E-state index in [9.17, 15) is 0 Å². The minimum absolute atomic E-state index is 0.420. The van der Waals surface area contributed by atoms with Crippen LogP contribution in [-0.4, -0.2) is 37.2 Å². The van der Waals surface area contributed by atoms with Gasteiger partial charge in [0, 0.05) is 35.3 Å². The summed E-state index contributed by atoms with van der Waals surface area (Å²) in [4.78, 5) is 2.55. The van der Waals surface area contributed by atoms with Crippen LogP contribution in [-0.2, 0) is 13.2 Å². The van der Waals surface area contributed by atoms with Gasteiger partial charge in [-0.05, 0) is 45.0 Å². The first-order valence-electron chi connectivity index (χ1n) is 10.3. The van der Waals surface area contributed by atoms with Crippen LogP contribution in [0.2, 0.25) is 5.02 Å². The molecular weight excluding hydrogens is 372 g/mol. The third-order valence-corrected chi connectivity index (χ3v) is 5.66. The maximum absolute atomic E-state index is 6.29. The Morgan fingerprint density at radius 1 is 1.07 bits per heavy atom. The number of likely N-dealkylation sites (tertiary alicyclic amines) is 1. The second kappa shape index (κ2) is 10.7. The highest BCUT2D eigenvalue weighted by Crippen LogP contribution is 2.33. The van der Waals surface area contributed by atoms with Crippen LogP contribution < -0.4 is 14.8 Å². The van der Waals surface area contributed by atoms with Gasteiger partial charge < -0.3 is 14.8 Å². The summed E-state index contributed by atoms with van der Waals surface area (Å²) < 4.78 is 12.0. The predicted octanol–water partition coefficient (Wildman–Crippen LogP) is 4.89. The fourth-order valence-electron chi connectivity index (χ4n) is 3.81. The van der Waals surface area contributed by atoms with E-state index in [1.165, 1.54) is 19.4 Å². The van der Waals surface area contributed by atoms with Crippen molar-refractivity contribution in [2.24, 2.45) is 0 Å². The summed E-state index contributed by atoms with van der Waals surface area (Å²) in [5.74, 6) is 1.58. The van der Waals surface area contributed by atoms with Crippen LogP contribution in [0.25, 0.3) is 0 Å². The van der Waals surface area contributed by atoms with E-state index in [-0.39, 0.29) is 0 Å². The summed E-state index contributed by atoms with van der Waals surface area (Å²) in [5.41, 5.74) is 2.08. The fourth-order valence-corrected chi connectivity index (χ4v) is 4.01. The minimum Gasteiger partial charge on any atom is -0.490 e. The van der Waals surface area contributed by atoms with E-state index in [1.807, 2.05) is 43.3 Å². The molecule has 5 heteroatoms. The van der Waals surface area contributed by atoms with Gasteiger partial charge in [0.05, 0.1) is 6.61 Å². The lowest BCUT2D eigenvalue weighted by Crippen LogP contribution is -2.37. The molecule has 1 aliphatic rings. The van der Waals surface area contributed by atoms with Crippen molar-refractivity contribution in [2.75, 3.05) is 26.2 Å². The smallest absolute Gasteiger partial charge is 0.166 e. The topological polar surface area (TPSA) is 33.7 Å². The predicted molar refractivity (Wildman–Crippen MR) is 115 cm³/mol. The Hall–Kier alpha value is -1.75. The molecule has 0 spiro atoms. The molecule has 1 saturated heterocycles. The van der Waals surface area contributed by atoms with Crippen molar-refractivity contribution < 1.29 is 9.47 Å². The van der Waals surface area contributed by atoms with Crippen LogP contribution in [0.15, 0.2) is 42.5 Å². The highest BCUT2D eigenvalue weighted by Gasteiger charge is 2.22. The number of ether oxygens (including phenoxy) is 2. The van der Waals surface area contributed by atoms with Crippen molar-refractivity contribution in [1.82, 2.24) is 10.2 Å². The van der Waals surface area contributed by atoms with Gasteiger partial charge in [0.1, 0.15) is 6.61 Å². The Balaban J connectivity index is 1.67. The van der Waals surface area contributed by atoms with E-state index in [1.54, 1.807) is 0 Å². The van der Waals surface area contributed by atoms with Crippen molar-refractivity contribution in [3.63, 3.8) is 0 Å². The summed E-state index contributed by atoms with van der Waals surface area (Å²) in [7, 11) is 0.